The Balaban J connectivity index is 2.26. The van der Waals surface area contributed by atoms with E-state index in [1.807, 2.05) is 0 Å². The number of nitrogens with zero attached hydrogens (tertiary/aromatic N) is 2. The maximum Gasteiger partial charge on any atom is 0.422 e. The summed E-state index contributed by atoms with van der Waals surface area (Å²) in [5.74, 6) is -2.42. The molecular weight excluding hydrogens is 662 g/mol. The highest BCUT2D eigenvalue weighted by Crippen LogP contribution is 2.21. The van der Waals surface area contributed by atoms with E-state index in [0.717, 1.165) is 11.3 Å². The van der Waals surface area contributed by atoms with Gasteiger partial charge in [-0.3, -0.25) is 14.9 Å². The first-order valence-electron chi connectivity index (χ1n) is 14.2. The number of hydrogen-bond acceptors (Lipinski definition) is 14. The third-order valence-electron chi connectivity index (χ3n) is 5.23. The van der Waals surface area contributed by atoms with E-state index in [9.17, 15) is 32.4 Å². The molecule has 1 aromatic heterocycles. The molecule has 18 nitrogen and oxygen atoms in total. The van der Waals surface area contributed by atoms with Gasteiger partial charge in [-0.15, -0.1) is 11.3 Å². The molecule has 47 heavy (non-hydrogen) atoms. The quantitative estimate of drug-likeness (QED) is 0.0726. The van der Waals surface area contributed by atoms with Gasteiger partial charge in [-0.1, -0.05) is 5.16 Å². The van der Waals surface area contributed by atoms with Crippen LogP contribution in [-0.4, -0.2) is 90.1 Å². The summed E-state index contributed by atoms with van der Waals surface area (Å²) in [5, 5.41) is 12.6. The predicted octanol–water partition coefficient (Wildman–Crippen LogP) is 1.67. The molecule has 264 valence electrons. The molecule has 2 atom stereocenters. The average molecular weight is 706 g/mol. The number of β-lactam (4-membered cyclic amide) rings is 1. The largest absolute Gasteiger partial charge is 0.457 e. The first-order valence-corrected chi connectivity index (χ1v) is 16.6. The summed E-state index contributed by atoms with van der Waals surface area (Å²) in [4.78, 5) is 72.3. The number of rotatable bonds is 11. The van der Waals surface area contributed by atoms with Crippen LogP contribution in [-0.2, 0) is 43.6 Å². The minimum Gasteiger partial charge on any atom is -0.457 e. The van der Waals surface area contributed by atoms with Crippen molar-refractivity contribution in [3.63, 3.8) is 0 Å². The van der Waals surface area contributed by atoms with Crippen molar-refractivity contribution in [1.82, 2.24) is 25.1 Å². The van der Waals surface area contributed by atoms with Crippen molar-refractivity contribution in [3.05, 3.63) is 11.1 Å². The second kappa shape index (κ2) is 14.4. The topological polar surface area (TPSA) is 242 Å². The van der Waals surface area contributed by atoms with Crippen LogP contribution in [0.3, 0.4) is 0 Å². The van der Waals surface area contributed by atoms with E-state index in [1.165, 1.54) is 19.2 Å². The van der Waals surface area contributed by atoms with E-state index in [1.54, 1.807) is 67.0 Å². The molecule has 0 radical (unpaired) electrons. The fraction of sp³-hybridized carbons (Fsp3) is 0.667. The number of anilines is 1. The maximum absolute atomic E-state index is 13.5. The van der Waals surface area contributed by atoms with E-state index in [0.29, 0.717) is 0 Å². The summed E-state index contributed by atoms with van der Waals surface area (Å²) < 4.78 is 43.9. The van der Waals surface area contributed by atoms with Crippen LogP contribution >= 0.6 is 11.3 Å². The molecule has 0 bridgehead atoms. The molecule has 1 aliphatic heterocycles. The normalized spacial score (nSPS) is 17.4. The van der Waals surface area contributed by atoms with Gasteiger partial charge in [0.2, 0.25) is 11.5 Å². The molecule has 1 aromatic rings. The lowest BCUT2D eigenvalue weighted by Crippen LogP contribution is -2.72. The lowest BCUT2D eigenvalue weighted by molar-refractivity contribution is -0.179. The summed E-state index contributed by atoms with van der Waals surface area (Å²) in [5.41, 5.74) is -4.86. The van der Waals surface area contributed by atoms with E-state index < -0.39 is 86.9 Å². The van der Waals surface area contributed by atoms with Crippen LogP contribution in [0.5, 0.6) is 0 Å². The Morgan fingerprint density at radius 3 is 2.00 bits per heavy atom. The van der Waals surface area contributed by atoms with Crippen molar-refractivity contribution in [2.24, 2.45) is 5.16 Å². The lowest BCUT2D eigenvalue weighted by Gasteiger charge is -2.37. The number of nitrogens with one attached hydrogen (secondary N) is 5. The summed E-state index contributed by atoms with van der Waals surface area (Å²) in [6.45, 7) is 16.9. The van der Waals surface area contributed by atoms with Crippen molar-refractivity contribution < 1.29 is 51.4 Å². The molecule has 0 unspecified atom stereocenters. The molecule has 2 heterocycles. The van der Waals surface area contributed by atoms with Crippen molar-refractivity contribution in [2.75, 3.05) is 11.9 Å². The van der Waals surface area contributed by atoms with Gasteiger partial charge in [-0.2, -0.15) is 13.1 Å². The third-order valence-corrected chi connectivity index (χ3v) is 6.97. The number of amides is 4. The predicted molar refractivity (Wildman–Crippen MR) is 170 cm³/mol. The van der Waals surface area contributed by atoms with Crippen molar-refractivity contribution >= 4 is 62.4 Å². The number of hydrogen-bond donors (Lipinski definition) is 5. The highest BCUT2D eigenvalue weighted by Gasteiger charge is 2.42. The summed E-state index contributed by atoms with van der Waals surface area (Å²) in [6.07, 6.45) is -2.02. The van der Waals surface area contributed by atoms with Gasteiger partial charge in [0.25, 0.3) is 5.91 Å². The molecule has 4 amide bonds. The van der Waals surface area contributed by atoms with Gasteiger partial charge in [-0.05, 0) is 76.2 Å². The summed E-state index contributed by atoms with van der Waals surface area (Å²) in [6, 6.07) is -2.20. The second-order valence-electron chi connectivity index (χ2n) is 13.7. The zero-order chi connectivity index (χ0) is 36.2. The molecule has 1 fully saturated rings. The molecule has 2 rings (SSSR count). The van der Waals surface area contributed by atoms with Crippen LogP contribution in [0.2, 0.25) is 0 Å². The zero-order valence-electron chi connectivity index (χ0n) is 28.1. The molecule has 0 spiro atoms. The number of esters is 1. The molecule has 0 aliphatic carbocycles. The number of ether oxygens (including phenoxy) is 3. The summed E-state index contributed by atoms with van der Waals surface area (Å²) >= 11 is 0.924. The van der Waals surface area contributed by atoms with Crippen LogP contribution in [0.25, 0.3) is 0 Å². The number of aromatic nitrogens is 1. The second-order valence-corrected chi connectivity index (χ2v) is 16.1. The number of carbonyl (C=O) groups excluding carboxylic acids is 5. The number of carbonyl (C=O) groups is 5. The molecule has 1 saturated heterocycles. The average Bonchev–Trinajstić information content (AvgIpc) is 3.28. The van der Waals surface area contributed by atoms with E-state index in [2.05, 4.69) is 30.8 Å². The smallest absolute Gasteiger partial charge is 0.422 e. The van der Waals surface area contributed by atoms with E-state index >= 15 is 0 Å². The highest BCUT2D eigenvalue weighted by molar-refractivity contribution is 7.88. The van der Waals surface area contributed by atoms with Gasteiger partial charge in [-0.25, -0.2) is 24.1 Å². The molecule has 5 N–H and O–H groups in total. The fourth-order valence-corrected chi connectivity index (χ4v) is 4.68. The van der Waals surface area contributed by atoms with Gasteiger partial charge >= 0.3 is 28.4 Å². The van der Waals surface area contributed by atoms with Gasteiger partial charge in [0.05, 0.1) is 6.04 Å². The minimum absolute atomic E-state index is 0.0345. The molecule has 20 heteroatoms. The monoisotopic (exact) mass is 705 g/mol. The molecule has 0 saturated carbocycles. The number of oxime groups is 1. The van der Waals surface area contributed by atoms with Crippen LogP contribution < -0.4 is 25.4 Å². The SMILES string of the molecule is CC(C)(C)OC(=O)Nc1nc(/C(=N/OC(C)(C)C(=O)OC(C)(C)C)C(=O)N[C@@H]2C(=O)N[C@@H]2CNS(=O)(=O)NC(=O)OC(C)(C)C)cs1. The Hall–Kier alpha value is -4.04. The fourth-order valence-electron chi connectivity index (χ4n) is 3.26. The maximum atomic E-state index is 13.5. The zero-order valence-corrected chi connectivity index (χ0v) is 29.8. The van der Waals surface area contributed by atoms with Crippen molar-refractivity contribution in [1.29, 1.82) is 0 Å². The van der Waals surface area contributed by atoms with Gasteiger partial charge in [0.15, 0.2) is 10.8 Å². The Morgan fingerprint density at radius 1 is 0.915 bits per heavy atom. The Bertz CT molecular complexity index is 1500. The highest BCUT2D eigenvalue weighted by atomic mass is 32.2. The van der Waals surface area contributed by atoms with E-state index in [-0.39, 0.29) is 10.8 Å². The van der Waals surface area contributed by atoms with Crippen LogP contribution in [0, 0.1) is 0 Å². The first-order chi connectivity index (χ1) is 21.2. The molecule has 1 aliphatic rings. The van der Waals surface area contributed by atoms with Crippen LogP contribution in [0.1, 0.15) is 81.9 Å². The van der Waals surface area contributed by atoms with Crippen molar-refractivity contribution in [3.8, 4) is 0 Å². The Morgan fingerprint density at radius 2 is 1.47 bits per heavy atom. The third kappa shape index (κ3) is 13.3. The van der Waals surface area contributed by atoms with Crippen LogP contribution in [0.4, 0.5) is 14.7 Å². The Labute approximate surface area is 277 Å². The minimum atomic E-state index is -4.40. The number of thiazole rings is 1. The van der Waals surface area contributed by atoms with Gasteiger partial charge in [0.1, 0.15) is 28.5 Å². The first kappa shape index (κ1) is 39.1. The summed E-state index contributed by atoms with van der Waals surface area (Å²) in [7, 11) is -4.40. The standard InChI is InChI=1S/C27H43N7O11S2/c1-24(2,3)42-20(37)27(10,11)45-33-17(15-13-46-21(30-15)32-22(38)43-25(4,5)6)19(36)31-16-14(29-18(16)35)12-28-47(40,41)34-23(39)44-26(7,8)9/h13-14,16,28H,12H2,1-11H3,(H,29,35)(H,31,36)(H,34,39)(H,30,32,38)/b33-17-/t14-,16+/m1/s1. The van der Waals surface area contributed by atoms with E-state index in [4.69, 9.17) is 19.0 Å². The van der Waals surface area contributed by atoms with Gasteiger partial charge in [0, 0.05) is 11.9 Å². The Kier molecular flexibility index (Phi) is 12.0. The molecular formula is C27H43N7O11S2. The lowest BCUT2D eigenvalue weighted by atomic mass is 9.99. The van der Waals surface area contributed by atoms with Crippen molar-refractivity contribution in [2.45, 2.75) is 111 Å². The van der Waals surface area contributed by atoms with Crippen LogP contribution in [0.15, 0.2) is 10.5 Å². The molecule has 0 aromatic carbocycles. The van der Waals surface area contributed by atoms with Gasteiger partial charge < -0.3 is 29.7 Å².